The molecule has 1 aliphatic rings. The number of nitrogens with one attached hydrogen (secondary N) is 1. The average molecular weight is 210 g/mol. The second-order valence-electron chi connectivity index (χ2n) is 3.38. The lowest BCUT2D eigenvalue weighted by molar-refractivity contribution is -0.183. The van der Waals surface area contributed by atoms with E-state index in [1.165, 1.54) is 11.9 Å². The van der Waals surface area contributed by atoms with Crippen LogP contribution < -0.4 is 5.32 Å². The van der Waals surface area contributed by atoms with Gasteiger partial charge in [0.1, 0.15) is 0 Å². The molecule has 2 amide bonds. The van der Waals surface area contributed by atoms with Crippen LogP contribution in [-0.4, -0.2) is 37.2 Å². The maximum atomic E-state index is 12.3. The van der Waals surface area contributed by atoms with Gasteiger partial charge in [0.05, 0.1) is 5.92 Å². The van der Waals surface area contributed by atoms with Crippen molar-refractivity contribution in [3.05, 3.63) is 0 Å². The molecule has 6 heteroatoms. The first-order valence-electron chi connectivity index (χ1n) is 4.48. The van der Waals surface area contributed by atoms with Gasteiger partial charge in [0.15, 0.2) is 0 Å². The van der Waals surface area contributed by atoms with Crippen molar-refractivity contribution in [2.45, 2.75) is 19.0 Å². The van der Waals surface area contributed by atoms with Crippen molar-refractivity contribution in [2.24, 2.45) is 5.92 Å². The van der Waals surface area contributed by atoms with Crippen LogP contribution >= 0.6 is 0 Å². The Labute approximate surface area is 80.3 Å². The molecule has 0 spiro atoms. The Balaban J connectivity index is 2.56. The van der Waals surface area contributed by atoms with Crippen molar-refractivity contribution in [2.75, 3.05) is 20.1 Å². The standard InChI is InChI=1S/C8H13F3N2O/c1-12-7(14)13-4-2-3-6(5-13)8(9,10)11/h6H,2-5H2,1H3,(H,12,14). The number of urea groups is 1. The Kier molecular flexibility index (Phi) is 3.23. The molecule has 0 bridgehead atoms. The molecule has 1 rings (SSSR count). The van der Waals surface area contributed by atoms with E-state index in [1.807, 2.05) is 0 Å². The molecule has 1 unspecified atom stereocenters. The highest BCUT2D eigenvalue weighted by Crippen LogP contribution is 2.32. The third-order valence-corrected chi connectivity index (χ3v) is 2.39. The third-order valence-electron chi connectivity index (χ3n) is 2.39. The van der Waals surface area contributed by atoms with Gasteiger partial charge in [-0.15, -0.1) is 0 Å². The van der Waals surface area contributed by atoms with E-state index in [0.29, 0.717) is 13.0 Å². The molecule has 0 aromatic heterocycles. The van der Waals surface area contributed by atoms with Gasteiger partial charge in [0, 0.05) is 20.1 Å². The molecule has 14 heavy (non-hydrogen) atoms. The fourth-order valence-electron chi connectivity index (χ4n) is 1.59. The second-order valence-corrected chi connectivity index (χ2v) is 3.38. The van der Waals surface area contributed by atoms with Crippen LogP contribution in [-0.2, 0) is 0 Å². The molecule has 0 aliphatic carbocycles. The Morgan fingerprint density at radius 1 is 1.50 bits per heavy atom. The highest BCUT2D eigenvalue weighted by Gasteiger charge is 2.42. The number of hydrogen-bond acceptors (Lipinski definition) is 1. The van der Waals surface area contributed by atoms with Crippen LogP contribution in [0.15, 0.2) is 0 Å². The molecule has 1 atom stereocenters. The zero-order chi connectivity index (χ0) is 10.8. The predicted octanol–water partition coefficient (Wildman–Crippen LogP) is 1.60. The van der Waals surface area contributed by atoms with Gasteiger partial charge in [-0.25, -0.2) is 4.79 Å². The first-order chi connectivity index (χ1) is 6.45. The molecule has 1 aliphatic heterocycles. The average Bonchev–Trinajstić information content (AvgIpc) is 2.15. The number of carbonyl (C=O) groups is 1. The molecule has 1 N–H and O–H groups in total. The van der Waals surface area contributed by atoms with Crippen LogP contribution in [0, 0.1) is 5.92 Å². The van der Waals surface area contributed by atoms with E-state index in [-0.39, 0.29) is 13.0 Å². The number of piperidine rings is 1. The third kappa shape index (κ3) is 2.52. The molecule has 0 radical (unpaired) electrons. The summed E-state index contributed by atoms with van der Waals surface area (Å²) in [4.78, 5) is 12.3. The lowest BCUT2D eigenvalue weighted by Crippen LogP contribution is -2.47. The summed E-state index contributed by atoms with van der Waals surface area (Å²) >= 11 is 0. The molecule has 0 aromatic rings. The van der Waals surface area contributed by atoms with Gasteiger partial charge in [-0.1, -0.05) is 0 Å². The molecular weight excluding hydrogens is 197 g/mol. The predicted molar refractivity (Wildman–Crippen MR) is 44.8 cm³/mol. The lowest BCUT2D eigenvalue weighted by Gasteiger charge is -2.33. The SMILES string of the molecule is CNC(=O)N1CCCC(C(F)(F)F)C1. The van der Waals surface area contributed by atoms with Crippen LogP contribution in [0.5, 0.6) is 0 Å². The summed E-state index contributed by atoms with van der Waals surface area (Å²) in [5.74, 6) is -1.37. The van der Waals surface area contributed by atoms with Crippen molar-refractivity contribution in [3.8, 4) is 0 Å². The summed E-state index contributed by atoms with van der Waals surface area (Å²) in [6.07, 6.45) is -3.65. The van der Waals surface area contributed by atoms with Crippen LogP contribution in [0.2, 0.25) is 0 Å². The number of likely N-dealkylation sites (tertiary alicyclic amines) is 1. The maximum absolute atomic E-state index is 12.3. The summed E-state index contributed by atoms with van der Waals surface area (Å²) in [5, 5.41) is 2.33. The van der Waals surface area contributed by atoms with Crippen molar-refractivity contribution < 1.29 is 18.0 Å². The zero-order valence-corrected chi connectivity index (χ0v) is 7.90. The van der Waals surface area contributed by atoms with Gasteiger partial charge in [-0.05, 0) is 12.8 Å². The minimum absolute atomic E-state index is 0.122. The van der Waals surface area contributed by atoms with Gasteiger partial charge in [0.25, 0.3) is 0 Å². The zero-order valence-electron chi connectivity index (χ0n) is 7.90. The minimum Gasteiger partial charge on any atom is -0.341 e. The number of amides is 2. The van der Waals surface area contributed by atoms with E-state index in [9.17, 15) is 18.0 Å². The fraction of sp³-hybridized carbons (Fsp3) is 0.875. The minimum atomic E-state index is -4.19. The summed E-state index contributed by atoms with van der Waals surface area (Å²) in [6.45, 7) is 0.190. The normalized spacial score (nSPS) is 23.4. The van der Waals surface area contributed by atoms with Gasteiger partial charge in [0.2, 0.25) is 0 Å². The highest BCUT2D eigenvalue weighted by atomic mass is 19.4. The summed E-state index contributed by atoms with van der Waals surface area (Å²) < 4.78 is 37.0. The van der Waals surface area contributed by atoms with Crippen molar-refractivity contribution in [3.63, 3.8) is 0 Å². The number of hydrogen-bond donors (Lipinski definition) is 1. The molecule has 0 saturated carbocycles. The van der Waals surface area contributed by atoms with Crippen molar-refractivity contribution in [1.29, 1.82) is 0 Å². The highest BCUT2D eigenvalue weighted by molar-refractivity contribution is 5.73. The number of alkyl halides is 3. The first kappa shape index (κ1) is 11.1. The van der Waals surface area contributed by atoms with Gasteiger partial charge in [-0.3, -0.25) is 0 Å². The number of halogens is 3. The van der Waals surface area contributed by atoms with E-state index in [1.54, 1.807) is 0 Å². The number of carbonyl (C=O) groups excluding carboxylic acids is 1. The Morgan fingerprint density at radius 2 is 2.14 bits per heavy atom. The fourth-order valence-corrected chi connectivity index (χ4v) is 1.59. The van der Waals surface area contributed by atoms with E-state index < -0.39 is 18.1 Å². The summed E-state index contributed by atoms with van der Waals surface area (Å²) in [7, 11) is 1.42. The quantitative estimate of drug-likeness (QED) is 0.647. The van der Waals surface area contributed by atoms with Gasteiger partial charge >= 0.3 is 12.2 Å². The first-order valence-corrected chi connectivity index (χ1v) is 4.48. The molecule has 3 nitrogen and oxygen atoms in total. The van der Waals surface area contributed by atoms with Crippen molar-refractivity contribution >= 4 is 6.03 Å². The molecule has 1 saturated heterocycles. The Bertz CT molecular complexity index is 217. The Morgan fingerprint density at radius 3 is 2.64 bits per heavy atom. The summed E-state index contributed by atoms with van der Waals surface area (Å²) in [5.41, 5.74) is 0. The van der Waals surface area contributed by atoms with Crippen LogP contribution in [0.4, 0.5) is 18.0 Å². The largest absolute Gasteiger partial charge is 0.393 e. The van der Waals surface area contributed by atoms with E-state index in [4.69, 9.17) is 0 Å². The monoisotopic (exact) mass is 210 g/mol. The van der Waals surface area contributed by atoms with E-state index in [0.717, 1.165) is 0 Å². The molecule has 1 heterocycles. The maximum Gasteiger partial charge on any atom is 0.393 e. The topological polar surface area (TPSA) is 32.3 Å². The van der Waals surface area contributed by atoms with Crippen LogP contribution in [0.3, 0.4) is 0 Å². The van der Waals surface area contributed by atoms with Crippen molar-refractivity contribution in [1.82, 2.24) is 10.2 Å². The Hall–Kier alpha value is -0.940. The molecule has 82 valence electrons. The van der Waals surface area contributed by atoms with E-state index in [2.05, 4.69) is 5.32 Å². The second kappa shape index (κ2) is 4.06. The van der Waals surface area contributed by atoms with Crippen LogP contribution in [0.25, 0.3) is 0 Å². The number of rotatable bonds is 0. The number of nitrogens with zero attached hydrogens (tertiary/aromatic N) is 1. The van der Waals surface area contributed by atoms with E-state index >= 15 is 0 Å². The molecular formula is C8H13F3N2O. The smallest absolute Gasteiger partial charge is 0.341 e. The van der Waals surface area contributed by atoms with Gasteiger partial charge in [-0.2, -0.15) is 13.2 Å². The lowest BCUT2D eigenvalue weighted by atomic mass is 9.98. The van der Waals surface area contributed by atoms with Crippen LogP contribution in [0.1, 0.15) is 12.8 Å². The summed E-state index contributed by atoms with van der Waals surface area (Å²) in [6, 6.07) is -0.432. The van der Waals surface area contributed by atoms with Gasteiger partial charge < -0.3 is 10.2 Å². The molecule has 0 aromatic carbocycles. The molecule has 1 fully saturated rings.